The predicted octanol–water partition coefficient (Wildman–Crippen LogP) is 2.00. The molecule has 5 heteroatoms. The Morgan fingerprint density at radius 3 is 2.95 bits per heavy atom. The first-order chi connectivity index (χ1) is 9.22. The fraction of sp³-hybridized carbons (Fsp3) is 0.500. The van der Waals surface area contributed by atoms with Gasteiger partial charge in [-0.1, -0.05) is 0 Å². The lowest BCUT2D eigenvalue weighted by molar-refractivity contribution is 0.134. The van der Waals surface area contributed by atoms with Gasteiger partial charge in [0, 0.05) is 37.1 Å². The quantitative estimate of drug-likeness (QED) is 0.775. The fourth-order valence-corrected chi connectivity index (χ4v) is 2.11. The molecule has 0 spiro atoms. The zero-order valence-corrected chi connectivity index (χ0v) is 11.9. The minimum absolute atomic E-state index is 0.528. The van der Waals surface area contributed by atoms with Crippen molar-refractivity contribution in [3.8, 4) is 0 Å². The summed E-state index contributed by atoms with van der Waals surface area (Å²) in [4.78, 5) is 6.60. The maximum Gasteiger partial charge on any atom is 0.143 e. The van der Waals surface area contributed by atoms with Crippen molar-refractivity contribution in [1.29, 1.82) is 0 Å². The molecule has 0 fully saturated rings. The van der Waals surface area contributed by atoms with Gasteiger partial charge in [0.15, 0.2) is 0 Å². The number of pyridine rings is 1. The summed E-state index contributed by atoms with van der Waals surface area (Å²) in [5.74, 6) is 0. The van der Waals surface area contributed by atoms with Crippen LogP contribution in [0.2, 0.25) is 0 Å². The van der Waals surface area contributed by atoms with Crippen LogP contribution in [0, 0.1) is 0 Å². The van der Waals surface area contributed by atoms with E-state index in [1.165, 1.54) is 0 Å². The molecule has 104 valence electrons. The molecule has 0 radical (unpaired) electrons. The molecule has 0 bridgehead atoms. The van der Waals surface area contributed by atoms with Crippen molar-refractivity contribution in [1.82, 2.24) is 14.5 Å². The summed E-state index contributed by atoms with van der Waals surface area (Å²) in [6, 6.07) is 4.10. The van der Waals surface area contributed by atoms with E-state index in [1.807, 2.05) is 23.0 Å². The van der Waals surface area contributed by atoms with Gasteiger partial charge >= 0.3 is 0 Å². The van der Waals surface area contributed by atoms with Gasteiger partial charge in [-0.3, -0.25) is 0 Å². The van der Waals surface area contributed by atoms with Crippen LogP contribution in [0.3, 0.4) is 0 Å². The molecule has 0 saturated heterocycles. The van der Waals surface area contributed by atoms with E-state index >= 15 is 0 Å². The average Bonchev–Trinajstić information content (AvgIpc) is 2.79. The smallest absolute Gasteiger partial charge is 0.143 e. The van der Waals surface area contributed by atoms with Crippen LogP contribution >= 0.6 is 0 Å². The molecular weight excluding hydrogens is 240 g/mol. The number of hydrogen-bond acceptors (Lipinski definition) is 4. The molecule has 5 nitrogen and oxygen atoms in total. The Hall–Kier alpha value is -1.59. The van der Waals surface area contributed by atoms with Gasteiger partial charge in [0.1, 0.15) is 12.4 Å². The molecule has 2 heterocycles. The van der Waals surface area contributed by atoms with Crippen LogP contribution in [0.5, 0.6) is 0 Å². The monoisotopic (exact) mass is 262 g/mol. The number of anilines is 1. The Morgan fingerprint density at radius 1 is 1.37 bits per heavy atom. The van der Waals surface area contributed by atoms with Gasteiger partial charge in [-0.05, 0) is 39.2 Å². The summed E-state index contributed by atoms with van der Waals surface area (Å²) >= 11 is 0. The molecule has 0 aromatic carbocycles. The van der Waals surface area contributed by atoms with E-state index in [-0.39, 0.29) is 0 Å². The molecular formula is C14H22N4O. The Balaban J connectivity index is 2.06. The van der Waals surface area contributed by atoms with E-state index in [1.54, 1.807) is 7.11 Å². The summed E-state index contributed by atoms with van der Waals surface area (Å²) in [6.45, 7) is 2.58. The SMILES string of the molecule is COCn1ccc2c(NCCCN(C)C)ccnc21. The zero-order chi connectivity index (χ0) is 13.7. The van der Waals surface area contributed by atoms with E-state index in [4.69, 9.17) is 4.74 Å². The van der Waals surface area contributed by atoms with Gasteiger partial charge in [-0.25, -0.2) is 4.98 Å². The van der Waals surface area contributed by atoms with E-state index in [0.29, 0.717) is 6.73 Å². The van der Waals surface area contributed by atoms with Crippen LogP contribution in [0.15, 0.2) is 24.5 Å². The van der Waals surface area contributed by atoms with Crippen molar-refractivity contribution in [2.24, 2.45) is 0 Å². The first-order valence-corrected chi connectivity index (χ1v) is 6.53. The maximum absolute atomic E-state index is 5.16. The fourth-order valence-electron chi connectivity index (χ4n) is 2.11. The van der Waals surface area contributed by atoms with Crippen LogP contribution in [0.4, 0.5) is 5.69 Å². The predicted molar refractivity (Wildman–Crippen MR) is 78.4 cm³/mol. The average molecular weight is 262 g/mol. The second kappa shape index (κ2) is 6.54. The number of hydrogen-bond donors (Lipinski definition) is 1. The van der Waals surface area contributed by atoms with E-state index in [9.17, 15) is 0 Å². The molecule has 1 N–H and O–H groups in total. The normalized spacial score (nSPS) is 11.4. The lowest BCUT2D eigenvalue weighted by Gasteiger charge is -2.11. The molecule has 19 heavy (non-hydrogen) atoms. The van der Waals surface area contributed by atoms with E-state index in [0.717, 1.165) is 36.2 Å². The molecule has 0 aliphatic heterocycles. The number of nitrogens with one attached hydrogen (secondary N) is 1. The van der Waals surface area contributed by atoms with Crippen molar-refractivity contribution >= 4 is 16.7 Å². The van der Waals surface area contributed by atoms with Gasteiger partial charge in [0.2, 0.25) is 0 Å². The minimum Gasteiger partial charge on any atom is -0.384 e. The molecule has 2 aromatic rings. The van der Waals surface area contributed by atoms with Crippen LogP contribution in [0.25, 0.3) is 11.0 Å². The number of fused-ring (bicyclic) bond motifs is 1. The van der Waals surface area contributed by atoms with E-state index in [2.05, 4.69) is 35.4 Å². The number of rotatable bonds is 7. The van der Waals surface area contributed by atoms with Crippen molar-refractivity contribution in [3.05, 3.63) is 24.5 Å². The summed E-state index contributed by atoms with van der Waals surface area (Å²) in [7, 11) is 5.88. The second-order valence-electron chi connectivity index (χ2n) is 4.88. The first kappa shape index (κ1) is 13.8. The van der Waals surface area contributed by atoms with Crippen molar-refractivity contribution in [2.75, 3.05) is 39.6 Å². The number of methoxy groups -OCH3 is 1. The highest BCUT2D eigenvalue weighted by molar-refractivity contribution is 5.89. The third-order valence-corrected chi connectivity index (χ3v) is 3.03. The molecule has 2 rings (SSSR count). The number of nitrogens with zero attached hydrogens (tertiary/aromatic N) is 3. The van der Waals surface area contributed by atoms with Crippen LogP contribution in [-0.4, -0.2) is 48.7 Å². The Kier molecular flexibility index (Phi) is 4.76. The van der Waals surface area contributed by atoms with Crippen molar-refractivity contribution in [2.45, 2.75) is 13.2 Å². The van der Waals surface area contributed by atoms with Crippen LogP contribution < -0.4 is 5.32 Å². The van der Waals surface area contributed by atoms with Crippen molar-refractivity contribution in [3.63, 3.8) is 0 Å². The van der Waals surface area contributed by atoms with Crippen molar-refractivity contribution < 1.29 is 4.74 Å². The summed E-state index contributed by atoms with van der Waals surface area (Å²) in [5, 5.41) is 4.62. The Morgan fingerprint density at radius 2 is 2.21 bits per heavy atom. The molecule has 2 aromatic heterocycles. The summed E-state index contributed by atoms with van der Waals surface area (Å²) < 4.78 is 7.16. The third-order valence-electron chi connectivity index (χ3n) is 3.03. The van der Waals surface area contributed by atoms with Gasteiger partial charge < -0.3 is 19.5 Å². The first-order valence-electron chi connectivity index (χ1n) is 6.53. The number of aromatic nitrogens is 2. The van der Waals surface area contributed by atoms with Gasteiger partial charge in [-0.2, -0.15) is 0 Å². The topological polar surface area (TPSA) is 42.3 Å². The molecule has 0 aliphatic rings. The lowest BCUT2D eigenvalue weighted by atomic mass is 10.3. The zero-order valence-electron chi connectivity index (χ0n) is 11.9. The Bertz CT molecular complexity index is 521. The van der Waals surface area contributed by atoms with Gasteiger partial charge in [0.25, 0.3) is 0 Å². The van der Waals surface area contributed by atoms with Crippen LogP contribution in [0.1, 0.15) is 6.42 Å². The second-order valence-corrected chi connectivity index (χ2v) is 4.88. The summed E-state index contributed by atoms with van der Waals surface area (Å²) in [5.41, 5.74) is 2.10. The lowest BCUT2D eigenvalue weighted by Crippen LogP contribution is -2.16. The third kappa shape index (κ3) is 3.45. The highest BCUT2D eigenvalue weighted by Crippen LogP contribution is 2.22. The maximum atomic E-state index is 5.16. The number of ether oxygens (including phenoxy) is 1. The molecule has 0 unspecified atom stereocenters. The summed E-state index contributed by atoms with van der Waals surface area (Å²) in [6.07, 6.45) is 4.96. The molecule has 0 amide bonds. The molecule has 0 aliphatic carbocycles. The van der Waals surface area contributed by atoms with Gasteiger partial charge in [0.05, 0.1) is 0 Å². The highest BCUT2D eigenvalue weighted by atomic mass is 16.5. The Labute approximate surface area is 114 Å². The molecule has 0 atom stereocenters. The molecule has 0 saturated carbocycles. The van der Waals surface area contributed by atoms with Crippen LogP contribution in [-0.2, 0) is 11.5 Å². The highest BCUT2D eigenvalue weighted by Gasteiger charge is 2.06. The van der Waals surface area contributed by atoms with E-state index < -0.39 is 0 Å². The largest absolute Gasteiger partial charge is 0.384 e. The standard InChI is InChI=1S/C14H22N4O/c1-17(2)9-4-7-15-13-5-8-16-14-12(13)6-10-18(14)11-19-3/h5-6,8,10H,4,7,9,11H2,1-3H3,(H,15,16). The van der Waals surface area contributed by atoms with Gasteiger partial charge in [-0.15, -0.1) is 0 Å². The minimum atomic E-state index is 0.528.